The molecule has 0 saturated carbocycles. The third kappa shape index (κ3) is 6.16. The number of amidine groups is 1. The monoisotopic (exact) mass is 185 g/mol. The van der Waals surface area contributed by atoms with E-state index in [0.717, 1.165) is 18.1 Å². The number of hydrogen-bond acceptors (Lipinski definition) is 3. The van der Waals surface area contributed by atoms with Crippen LogP contribution in [0.25, 0.3) is 0 Å². The summed E-state index contributed by atoms with van der Waals surface area (Å²) in [5.41, 5.74) is 1.07. The maximum atomic E-state index is 4.86. The van der Waals surface area contributed by atoms with E-state index in [1.54, 1.807) is 7.11 Å². The number of nitrogens with one attached hydrogen (secondary N) is 2. The van der Waals surface area contributed by atoms with Gasteiger partial charge >= 0.3 is 0 Å². The molecule has 13 heavy (non-hydrogen) atoms. The van der Waals surface area contributed by atoms with Crippen molar-refractivity contribution >= 4 is 5.84 Å². The molecule has 0 rings (SSSR count). The van der Waals surface area contributed by atoms with Gasteiger partial charge in [-0.05, 0) is 19.9 Å². The molecule has 2 N–H and O–H groups in total. The number of rotatable bonds is 5. The fraction of sp³-hybridized carbons (Fsp3) is 0.667. The number of nitrogens with zero attached hydrogens (tertiary/aromatic N) is 1. The van der Waals surface area contributed by atoms with Crippen LogP contribution < -0.4 is 10.6 Å². The second-order valence-corrected chi connectivity index (χ2v) is 2.57. The molecule has 0 bridgehead atoms. The highest BCUT2D eigenvalue weighted by Crippen LogP contribution is 1.87. The fourth-order valence-electron chi connectivity index (χ4n) is 0.745. The Morgan fingerprint density at radius 1 is 1.54 bits per heavy atom. The van der Waals surface area contributed by atoms with Gasteiger partial charge in [-0.2, -0.15) is 0 Å². The molecular weight excluding hydrogens is 166 g/mol. The van der Waals surface area contributed by atoms with Gasteiger partial charge in [-0.15, -0.1) is 0 Å². The van der Waals surface area contributed by atoms with Crippen molar-refractivity contribution in [2.45, 2.75) is 13.8 Å². The van der Waals surface area contributed by atoms with Crippen molar-refractivity contribution < 1.29 is 4.74 Å². The van der Waals surface area contributed by atoms with Gasteiger partial charge < -0.3 is 15.4 Å². The predicted molar refractivity (Wildman–Crippen MR) is 55.8 cm³/mol. The Bertz CT molecular complexity index is 187. The van der Waals surface area contributed by atoms with Crippen molar-refractivity contribution in [3.8, 4) is 0 Å². The summed E-state index contributed by atoms with van der Waals surface area (Å²) < 4.78 is 4.86. The molecule has 0 heterocycles. The lowest BCUT2D eigenvalue weighted by Gasteiger charge is -2.05. The van der Waals surface area contributed by atoms with Gasteiger partial charge in [0, 0.05) is 26.4 Å². The van der Waals surface area contributed by atoms with Gasteiger partial charge in [0.25, 0.3) is 0 Å². The van der Waals surface area contributed by atoms with Crippen LogP contribution in [0.3, 0.4) is 0 Å². The molecule has 0 unspecified atom stereocenters. The molecule has 0 saturated heterocycles. The van der Waals surface area contributed by atoms with E-state index < -0.39 is 0 Å². The van der Waals surface area contributed by atoms with E-state index >= 15 is 0 Å². The third-order valence-corrected chi connectivity index (χ3v) is 1.47. The van der Waals surface area contributed by atoms with Crippen molar-refractivity contribution in [3.05, 3.63) is 11.8 Å². The summed E-state index contributed by atoms with van der Waals surface area (Å²) >= 11 is 0. The van der Waals surface area contributed by atoms with E-state index in [0.29, 0.717) is 6.73 Å². The molecule has 0 aliphatic heterocycles. The largest absolute Gasteiger partial charge is 0.392 e. The van der Waals surface area contributed by atoms with Crippen LogP contribution in [0.2, 0.25) is 0 Å². The lowest BCUT2D eigenvalue weighted by Crippen LogP contribution is -2.23. The summed E-state index contributed by atoms with van der Waals surface area (Å²) in [5.74, 6) is 0.844. The van der Waals surface area contributed by atoms with Crippen molar-refractivity contribution in [2.75, 3.05) is 27.4 Å². The van der Waals surface area contributed by atoms with Gasteiger partial charge in [-0.25, -0.2) is 4.99 Å². The lowest BCUT2D eigenvalue weighted by atomic mass is 10.4. The normalized spacial score (nSPS) is 12.9. The molecule has 0 aromatic rings. The minimum atomic E-state index is 0.385. The van der Waals surface area contributed by atoms with E-state index in [9.17, 15) is 0 Å². The average molecular weight is 185 g/mol. The first-order valence-corrected chi connectivity index (χ1v) is 4.37. The van der Waals surface area contributed by atoms with E-state index in [-0.39, 0.29) is 0 Å². The van der Waals surface area contributed by atoms with E-state index in [2.05, 4.69) is 15.6 Å². The van der Waals surface area contributed by atoms with Crippen LogP contribution in [-0.4, -0.2) is 33.3 Å². The van der Waals surface area contributed by atoms with Crippen LogP contribution in [0, 0.1) is 0 Å². The minimum absolute atomic E-state index is 0.385. The quantitative estimate of drug-likeness (QED) is 0.490. The van der Waals surface area contributed by atoms with Crippen LogP contribution >= 0.6 is 0 Å². The SMILES string of the molecule is CCNC(/C=C(/C)NC)=N/COC. The van der Waals surface area contributed by atoms with Gasteiger partial charge in [0.2, 0.25) is 0 Å². The number of hydrogen-bond donors (Lipinski definition) is 2. The van der Waals surface area contributed by atoms with Gasteiger partial charge in [0.15, 0.2) is 0 Å². The Balaban J connectivity index is 4.23. The van der Waals surface area contributed by atoms with Gasteiger partial charge in [0.05, 0.1) is 0 Å². The Kier molecular flexibility index (Phi) is 7.01. The average Bonchev–Trinajstić information content (AvgIpc) is 2.14. The van der Waals surface area contributed by atoms with Crippen LogP contribution in [-0.2, 0) is 4.74 Å². The highest BCUT2D eigenvalue weighted by Gasteiger charge is 1.92. The van der Waals surface area contributed by atoms with Crippen LogP contribution in [0.15, 0.2) is 16.8 Å². The number of methoxy groups -OCH3 is 1. The molecule has 4 heteroatoms. The summed E-state index contributed by atoms with van der Waals surface area (Å²) in [7, 11) is 3.51. The molecule has 0 aliphatic rings. The highest BCUT2D eigenvalue weighted by atomic mass is 16.5. The van der Waals surface area contributed by atoms with Crippen LogP contribution in [0.4, 0.5) is 0 Å². The molecule has 76 valence electrons. The highest BCUT2D eigenvalue weighted by molar-refractivity contribution is 5.93. The molecule has 0 aliphatic carbocycles. The first-order valence-electron chi connectivity index (χ1n) is 4.37. The Morgan fingerprint density at radius 3 is 2.69 bits per heavy atom. The van der Waals surface area contributed by atoms with Crippen molar-refractivity contribution in [3.63, 3.8) is 0 Å². The second-order valence-electron chi connectivity index (χ2n) is 2.57. The number of allylic oxidation sites excluding steroid dienone is 1. The summed E-state index contributed by atoms with van der Waals surface area (Å²) in [6.45, 7) is 5.26. The zero-order chi connectivity index (χ0) is 10.1. The maximum Gasteiger partial charge on any atom is 0.139 e. The van der Waals surface area contributed by atoms with Gasteiger partial charge in [-0.1, -0.05) is 0 Å². The predicted octanol–water partition coefficient (Wildman–Crippen LogP) is 0.721. The van der Waals surface area contributed by atoms with E-state index in [1.165, 1.54) is 0 Å². The first-order chi connectivity index (χ1) is 6.24. The molecule has 0 spiro atoms. The molecule has 0 aromatic heterocycles. The molecule has 0 radical (unpaired) electrons. The van der Waals surface area contributed by atoms with Crippen molar-refractivity contribution in [1.82, 2.24) is 10.6 Å². The first kappa shape index (κ1) is 12.0. The topological polar surface area (TPSA) is 45.7 Å². The number of likely N-dealkylation sites (N-methyl/N-ethyl adjacent to an activating group) is 1. The van der Waals surface area contributed by atoms with Crippen LogP contribution in [0.1, 0.15) is 13.8 Å². The Morgan fingerprint density at radius 2 is 2.23 bits per heavy atom. The minimum Gasteiger partial charge on any atom is -0.392 e. The maximum absolute atomic E-state index is 4.86. The lowest BCUT2D eigenvalue weighted by molar-refractivity contribution is 0.209. The zero-order valence-corrected chi connectivity index (χ0v) is 8.85. The summed E-state index contributed by atoms with van der Waals surface area (Å²) in [6.07, 6.45) is 1.95. The Labute approximate surface area is 80.1 Å². The Hall–Kier alpha value is -1.03. The number of aliphatic imine (C=N–C) groups is 1. The molecule has 0 fully saturated rings. The molecule has 0 atom stereocenters. The van der Waals surface area contributed by atoms with Crippen molar-refractivity contribution in [2.24, 2.45) is 4.99 Å². The van der Waals surface area contributed by atoms with E-state index in [1.807, 2.05) is 27.0 Å². The molecule has 0 aromatic carbocycles. The second kappa shape index (κ2) is 7.61. The standard InChI is InChI=1S/C9H19N3O/c1-5-11-9(12-7-13-4)6-8(2)10-3/h6,10H,5,7H2,1-4H3,(H,11,12)/b8-6-. The summed E-state index contributed by atoms with van der Waals surface area (Å²) in [5, 5.41) is 6.17. The smallest absolute Gasteiger partial charge is 0.139 e. The van der Waals surface area contributed by atoms with Crippen LogP contribution in [0.5, 0.6) is 0 Å². The van der Waals surface area contributed by atoms with E-state index in [4.69, 9.17) is 4.74 Å². The summed E-state index contributed by atoms with van der Waals surface area (Å²) in [4.78, 5) is 4.19. The molecular formula is C9H19N3O. The van der Waals surface area contributed by atoms with Gasteiger partial charge in [-0.3, -0.25) is 0 Å². The van der Waals surface area contributed by atoms with Gasteiger partial charge in [0.1, 0.15) is 12.6 Å². The number of ether oxygens (including phenoxy) is 1. The molecule has 4 nitrogen and oxygen atoms in total. The third-order valence-electron chi connectivity index (χ3n) is 1.47. The zero-order valence-electron chi connectivity index (χ0n) is 8.85. The fourth-order valence-corrected chi connectivity index (χ4v) is 0.745. The summed E-state index contributed by atoms with van der Waals surface area (Å²) in [6, 6.07) is 0. The van der Waals surface area contributed by atoms with Crippen molar-refractivity contribution in [1.29, 1.82) is 0 Å². The molecule has 0 amide bonds.